The van der Waals surface area contributed by atoms with Gasteiger partial charge < -0.3 is 10.0 Å². The van der Waals surface area contributed by atoms with E-state index in [2.05, 4.69) is 25.1 Å². The Hall–Kier alpha value is -1.49. The van der Waals surface area contributed by atoms with Gasteiger partial charge >= 0.3 is 5.97 Å². The van der Waals surface area contributed by atoms with E-state index in [1.165, 1.54) is 11.1 Å². The highest BCUT2D eigenvalue weighted by molar-refractivity contribution is 7.99. The molecule has 0 aromatic heterocycles. The number of amides is 1. The van der Waals surface area contributed by atoms with Crippen LogP contribution in [0.4, 0.5) is 0 Å². The zero-order valence-electron chi connectivity index (χ0n) is 13.1. The molecule has 120 valence electrons. The van der Waals surface area contributed by atoms with Gasteiger partial charge in [-0.05, 0) is 32.3 Å². The zero-order chi connectivity index (χ0) is 16.1. The first-order valence-electron chi connectivity index (χ1n) is 7.63. The standard InChI is InChI=1S/C17H23NO3S/c1-12-4-3-5-14(8-12)10-22-11-16(19)18-9-15(17(20)21)7-6-13(18)2/h3-5,8,13,15H,6-7,9-11H2,1-2H3,(H,20,21). The molecular formula is C17H23NO3S. The molecule has 22 heavy (non-hydrogen) atoms. The third-order valence-corrected chi connectivity index (χ3v) is 5.12. The van der Waals surface area contributed by atoms with Gasteiger partial charge in [0.2, 0.25) is 5.91 Å². The summed E-state index contributed by atoms with van der Waals surface area (Å²) in [5.74, 6) is 0.0537. The van der Waals surface area contributed by atoms with E-state index in [1.54, 1.807) is 16.7 Å². The zero-order valence-corrected chi connectivity index (χ0v) is 13.9. The first-order valence-corrected chi connectivity index (χ1v) is 8.78. The van der Waals surface area contributed by atoms with Crippen LogP contribution in [0.3, 0.4) is 0 Å². The van der Waals surface area contributed by atoms with Crippen molar-refractivity contribution < 1.29 is 14.7 Å². The Morgan fingerprint density at radius 3 is 2.82 bits per heavy atom. The number of hydrogen-bond donors (Lipinski definition) is 1. The van der Waals surface area contributed by atoms with Crippen molar-refractivity contribution in [2.24, 2.45) is 5.92 Å². The van der Waals surface area contributed by atoms with Crippen LogP contribution in [0.1, 0.15) is 30.9 Å². The monoisotopic (exact) mass is 321 g/mol. The predicted octanol–water partition coefficient (Wildman–Crippen LogP) is 2.94. The number of nitrogens with zero attached hydrogens (tertiary/aromatic N) is 1. The van der Waals surface area contributed by atoms with Gasteiger partial charge in [-0.3, -0.25) is 9.59 Å². The first-order chi connectivity index (χ1) is 10.5. The Balaban J connectivity index is 1.84. The van der Waals surface area contributed by atoms with Crippen molar-refractivity contribution in [3.8, 4) is 0 Å². The summed E-state index contributed by atoms with van der Waals surface area (Å²) in [5, 5.41) is 9.13. The minimum atomic E-state index is -0.794. The van der Waals surface area contributed by atoms with Crippen LogP contribution in [0.5, 0.6) is 0 Å². The van der Waals surface area contributed by atoms with E-state index in [0.29, 0.717) is 18.7 Å². The summed E-state index contributed by atoms with van der Waals surface area (Å²) in [4.78, 5) is 25.2. The fourth-order valence-corrected chi connectivity index (χ4v) is 3.65. The third-order valence-electron chi connectivity index (χ3n) is 4.13. The fraction of sp³-hybridized carbons (Fsp3) is 0.529. The van der Waals surface area contributed by atoms with Gasteiger partial charge in [0.1, 0.15) is 0 Å². The number of likely N-dealkylation sites (tertiary alicyclic amines) is 1. The number of aryl methyl sites for hydroxylation is 1. The van der Waals surface area contributed by atoms with E-state index in [4.69, 9.17) is 5.11 Å². The highest BCUT2D eigenvalue weighted by Crippen LogP contribution is 2.23. The maximum Gasteiger partial charge on any atom is 0.308 e. The van der Waals surface area contributed by atoms with E-state index in [1.807, 2.05) is 13.0 Å². The molecule has 1 heterocycles. The minimum Gasteiger partial charge on any atom is -0.481 e. The molecule has 0 aliphatic carbocycles. The summed E-state index contributed by atoms with van der Waals surface area (Å²) < 4.78 is 0. The lowest BCUT2D eigenvalue weighted by Crippen LogP contribution is -2.48. The largest absolute Gasteiger partial charge is 0.481 e. The Morgan fingerprint density at radius 2 is 2.14 bits per heavy atom. The van der Waals surface area contributed by atoms with Crippen LogP contribution in [-0.4, -0.2) is 40.2 Å². The van der Waals surface area contributed by atoms with Gasteiger partial charge in [-0.25, -0.2) is 0 Å². The Labute approximate surface area is 135 Å². The molecule has 2 atom stereocenters. The highest BCUT2D eigenvalue weighted by Gasteiger charge is 2.32. The summed E-state index contributed by atoms with van der Waals surface area (Å²) in [7, 11) is 0. The molecular weight excluding hydrogens is 298 g/mol. The maximum atomic E-state index is 12.3. The molecule has 0 saturated carbocycles. The Kier molecular flexibility index (Phi) is 5.89. The van der Waals surface area contributed by atoms with Crippen LogP contribution in [0.2, 0.25) is 0 Å². The van der Waals surface area contributed by atoms with E-state index in [-0.39, 0.29) is 11.9 Å². The smallest absolute Gasteiger partial charge is 0.308 e. The molecule has 1 aliphatic rings. The molecule has 1 aromatic carbocycles. The molecule has 1 aliphatic heterocycles. The third kappa shape index (κ3) is 4.50. The lowest BCUT2D eigenvalue weighted by atomic mass is 9.93. The molecule has 1 N–H and O–H groups in total. The summed E-state index contributed by atoms with van der Waals surface area (Å²) in [6, 6.07) is 8.41. The average molecular weight is 321 g/mol. The van der Waals surface area contributed by atoms with Crippen LogP contribution in [0.25, 0.3) is 0 Å². The second-order valence-electron chi connectivity index (χ2n) is 5.99. The van der Waals surface area contributed by atoms with Crippen molar-refractivity contribution in [3.63, 3.8) is 0 Å². The number of hydrogen-bond acceptors (Lipinski definition) is 3. The topological polar surface area (TPSA) is 57.6 Å². The quantitative estimate of drug-likeness (QED) is 0.906. The van der Waals surface area contributed by atoms with Crippen molar-refractivity contribution in [1.82, 2.24) is 4.90 Å². The molecule has 4 nitrogen and oxygen atoms in total. The van der Waals surface area contributed by atoms with Gasteiger partial charge in [-0.2, -0.15) is 0 Å². The Morgan fingerprint density at radius 1 is 1.36 bits per heavy atom. The summed E-state index contributed by atoms with van der Waals surface area (Å²) in [5.41, 5.74) is 2.44. The predicted molar refractivity (Wildman–Crippen MR) is 88.9 cm³/mol. The average Bonchev–Trinajstić information content (AvgIpc) is 2.47. The summed E-state index contributed by atoms with van der Waals surface area (Å²) in [6.45, 7) is 4.41. The maximum absolute atomic E-state index is 12.3. The molecule has 1 fully saturated rings. The molecule has 0 bridgehead atoms. The number of carbonyl (C=O) groups is 2. The van der Waals surface area contributed by atoms with Crippen molar-refractivity contribution in [2.45, 2.75) is 38.5 Å². The second kappa shape index (κ2) is 7.68. The molecule has 2 rings (SSSR count). The van der Waals surface area contributed by atoms with Crippen LogP contribution in [-0.2, 0) is 15.3 Å². The summed E-state index contributed by atoms with van der Waals surface area (Å²) >= 11 is 1.59. The summed E-state index contributed by atoms with van der Waals surface area (Å²) in [6.07, 6.45) is 1.43. The lowest BCUT2D eigenvalue weighted by molar-refractivity contribution is -0.146. The van der Waals surface area contributed by atoms with Gasteiger partial charge in [-0.1, -0.05) is 29.8 Å². The highest BCUT2D eigenvalue weighted by atomic mass is 32.2. The van der Waals surface area contributed by atoms with Crippen molar-refractivity contribution in [1.29, 1.82) is 0 Å². The number of thioether (sulfide) groups is 1. The van der Waals surface area contributed by atoms with E-state index in [9.17, 15) is 9.59 Å². The van der Waals surface area contributed by atoms with Gasteiger partial charge in [0.05, 0.1) is 11.7 Å². The SMILES string of the molecule is Cc1cccc(CSCC(=O)N2CC(C(=O)O)CCC2C)c1. The van der Waals surface area contributed by atoms with E-state index >= 15 is 0 Å². The number of piperidine rings is 1. The Bertz CT molecular complexity index is 546. The van der Waals surface area contributed by atoms with Crippen molar-refractivity contribution in [2.75, 3.05) is 12.3 Å². The van der Waals surface area contributed by atoms with E-state index < -0.39 is 11.9 Å². The number of benzene rings is 1. The molecule has 1 amide bonds. The van der Waals surface area contributed by atoms with Crippen LogP contribution in [0, 0.1) is 12.8 Å². The van der Waals surface area contributed by atoms with E-state index in [0.717, 1.165) is 12.2 Å². The van der Waals surface area contributed by atoms with Gasteiger partial charge in [-0.15, -0.1) is 11.8 Å². The molecule has 2 unspecified atom stereocenters. The van der Waals surface area contributed by atoms with Crippen LogP contribution < -0.4 is 0 Å². The molecule has 1 aromatic rings. The number of carbonyl (C=O) groups excluding carboxylic acids is 1. The molecule has 1 saturated heterocycles. The normalized spacial score (nSPS) is 21.6. The van der Waals surface area contributed by atoms with Crippen LogP contribution >= 0.6 is 11.8 Å². The first kappa shape index (κ1) is 16.9. The molecule has 0 spiro atoms. The van der Waals surface area contributed by atoms with Gasteiger partial charge in [0, 0.05) is 18.3 Å². The van der Waals surface area contributed by atoms with Gasteiger partial charge in [0.25, 0.3) is 0 Å². The molecule has 5 heteroatoms. The van der Waals surface area contributed by atoms with Crippen LogP contribution in [0.15, 0.2) is 24.3 Å². The van der Waals surface area contributed by atoms with Gasteiger partial charge in [0.15, 0.2) is 0 Å². The number of carboxylic acids is 1. The number of carboxylic acid groups (broad SMARTS) is 1. The number of rotatable bonds is 5. The fourth-order valence-electron chi connectivity index (χ4n) is 2.80. The second-order valence-corrected chi connectivity index (χ2v) is 6.98. The van der Waals surface area contributed by atoms with Crippen molar-refractivity contribution in [3.05, 3.63) is 35.4 Å². The number of aliphatic carboxylic acids is 1. The lowest BCUT2D eigenvalue weighted by Gasteiger charge is -2.36. The minimum absolute atomic E-state index is 0.0519. The molecule has 0 radical (unpaired) electrons. The van der Waals surface area contributed by atoms with Crippen molar-refractivity contribution >= 4 is 23.6 Å².